The molecule has 2 aromatic rings. The molecule has 4 heteroatoms. The van der Waals surface area contributed by atoms with Crippen LogP contribution in [0, 0.1) is 5.92 Å². The maximum atomic E-state index is 5.66. The van der Waals surface area contributed by atoms with E-state index in [1.165, 1.54) is 12.8 Å². The lowest BCUT2D eigenvalue weighted by molar-refractivity contribution is 0.873. The number of nitrogens with two attached hydrogens (primary N) is 1. The third kappa shape index (κ3) is 2.59. The highest BCUT2D eigenvalue weighted by atomic mass is 15.1. The second-order valence-electron chi connectivity index (χ2n) is 4.74. The van der Waals surface area contributed by atoms with E-state index in [4.69, 9.17) is 5.73 Å². The molecular formula is C14H16N4. The summed E-state index contributed by atoms with van der Waals surface area (Å²) < 4.78 is 0. The number of rotatable bonds is 4. The number of nitrogens with zero attached hydrogens (tertiary/aromatic N) is 2. The minimum Gasteiger partial charge on any atom is -0.399 e. The van der Waals surface area contributed by atoms with Crippen LogP contribution in [0.1, 0.15) is 12.8 Å². The highest BCUT2D eigenvalue weighted by Crippen LogP contribution is 2.28. The number of nitrogen functional groups attached to an aromatic ring is 1. The van der Waals surface area contributed by atoms with Crippen LogP contribution in [0.4, 0.5) is 11.6 Å². The third-order valence-electron chi connectivity index (χ3n) is 3.14. The molecule has 1 aliphatic rings. The second-order valence-corrected chi connectivity index (χ2v) is 4.74. The van der Waals surface area contributed by atoms with E-state index in [2.05, 4.69) is 15.3 Å². The van der Waals surface area contributed by atoms with Gasteiger partial charge < -0.3 is 11.1 Å². The molecule has 1 saturated carbocycles. The van der Waals surface area contributed by atoms with Gasteiger partial charge in [-0.2, -0.15) is 0 Å². The zero-order chi connectivity index (χ0) is 12.4. The van der Waals surface area contributed by atoms with Gasteiger partial charge in [-0.3, -0.25) is 0 Å². The molecule has 1 fully saturated rings. The molecule has 3 rings (SSSR count). The van der Waals surface area contributed by atoms with Gasteiger partial charge in [-0.05, 0) is 36.5 Å². The molecule has 0 aliphatic heterocycles. The fourth-order valence-corrected chi connectivity index (χ4v) is 1.80. The van der Waals surface area contributed by atoms with E-state index in [0.29, 0.717) is 5.95 Å². The van der Waals surface area contributed by atoms with Gasteiger partial charge >= 0.3 is 0 Å². The molecule has 0 atom stereocenters. The molecule has 3 N–H and O–H groups in total. The van der Waals surface area contributed by atoms with Crippen molar-refractivity contribution < 1.29 is 0 Å². The van der Waals surface area contributed by atoms with Crippen LogP contribution in [0.2, 0.25) is 0 Å². The quantitative estimate of drug-likeness (QED) is 0.806. The van der Waals surface area contributed by atoms with Gasteiger partial charge in [0.1, 0.15) is 0 Å². The van der Waals surface area contributed by atoms with Crippen LogP contribution in [-0.2, 0) is 0 Å². The van der Waals surface area contributed by atoms with Gasteiger partial charge in [-0.1, -0.05) is 12.1 Å². The minimum atomic E-state index is 0.709. The second kappa shape index (κ2) is 4.64. The largest absolute Gasteiger partial charge is 0.399 e. The Bertz CT molecular complexity index is 514. The van der Waals surface area contributed by atoms with E-state index in [1.54, 1.807) is 0 Å². The lowest BCUT2D eigenvalue weighted by Crippen LogP contribution is -2.06. The molecule has 18 heavy (non-hydrogen) atoms. The number of nitrogens with one attached hydrogen (secondary N) is 1. The molecule has 0 spiro atoms. The highest BCUT2D eigenvalue weighted by Gasteiger charge is 2.20. The summed E-state index contributed by atoms with van der Waals surface area (Å²) in [5, 5.41) is 3.25. The SMILES string of the molecule is Nc1ccc(-c2cnc(NCC3CC3)nc2)cc1. The van der Waals surface area contributed by atoms with Crippen molar-refractivity contribution >= 4 is 11.6 Å². The van der Waals surface area contributed by atoms with Gasteiger partial charge in [0, 0.05) is 30.2 Å². The summed E-state index contributed by atoms with van der Waals surface area (Å²) >= 11 is 0. The Morgan fingerprint density at radius 1 is 1.06 bits per heavy atom. The number of anilines is 2. The summed E-state index contributed by atoms with van der Waals surface area (Å²) in [7, 11) is 0. The Balaban J connectivity index is 1.71. The molecular weight excluding hydrogens is 224 g/mol. The summed E-state index contributed by atoms with van der Waals surface area (Å²) in [6.07, 6.45) is 6.34. The van der Waals surface area contributed by atoms with Gasteiger partial charge in [-0.25, -0.2) is 9.97 Å². The fourth-order valence-electron chi connectivity index (χ4n) is 1.80. The monoisotopic (exact) mass is 240 g/mol. The highest BCUT2D eigenvalue weighted by molar-refractivity contribution is 5.64. The predicted molar refractivity (Wildman–Crippen MR) is 73.1 cm³/mol. The van der Waals surface area contributed by atoms with Crippen molar-refractivity contribution in [3.63, 3.8) is 0 Å². The first kappa shape index (κ1) is 11.0. The summed E-state index contributed by atoms with van der Waals surface area (Å²) in [5.41, 5.74) is 8.52. The summed E-state index contributed by atoms with van der Waals surface area (Å²) in [5.74, 6) is 1.53. The summed E-state index contributed by atoms with van der Waals surface area (Å²) in [6.45, 7) is 0.987. The average Bonchev–Trinajstić information content (AvgIpc) is 3.22. The Kier molecular flexibility index (Phi) is 2.84. The fraction of sp³-hybridized carbons (Fsp3) is 0.286. The van der Waals surface area contributed by atoms with Crippen molar-refractivity contribution in [2.24, 2.45) is 5.92 Å². The first-order valence-electron chi connectivity index (χ1n) is 6.23. The zero-order valence-corrected chi connectivity index (χ0v) is 10.1. The van der Waals surface area contributed by atoms with Crippen LogP contribution in [0.25, 0.3) is 11.1 Å². The molecule has 4 nitrogen and oxygen atoms in total. The van der Waals surface area contributed by atoms with Gasteiger partial charge in [-0.15, -0.1) is 0 Å². The topological polar surface area (TPSA) is 63.8 Å². The molecule has 1 heterocycles. The molecule has 1 aliphatic carbocycles. The van der Waals surface area contributed by atoms with Crippen molar-refractivity contribution in [3.05, 3.63) is 36.7 Å². The van der Waals surface area contributed by atoms with Crippen molar-refractivity contribution in [2.45, 2.75) is 12.8 Å². The lowest BCUT2D eigenvalue weighted by Gasteiger charge is -2.05. The van der Waals surface area contributed by atoms with Gasteiger partial charge in [0.15, 0.2) is 0 Å². The van der Waals surface area contributed by atoms with Crippen molar-refractivity contribution in [2.75, 3.05) is 17.6 Å². The predicted octanol–water partition coefficient (Wildman–Crippen LogP) is 2.55. The smallest absolute Gasteiger partial charge is 0.222 e. The number of benzene rings is 1. The first-order chi connectivity index (χ1) is 8.81. The van der Waals surface area contributed by atoms with Crippen molar-refractivity contribution in [3.8, 4) is 11.1 Å². The van der Waals surface area contributed by atoms with E-state index in [9.17, 15) is 0 Å². The lowest BCUT2D eigenvalue weighted by atomic mass is 10.1. The Hall–Kier alpha value is -2.10. The minimum absolute atomic E-state index is 0.709. The average molecular weight is 240 g/mol. The van der Waals surface area contributed by atoms with Gasteiger partial charge in [0.2, 0.25) is 5.95 Å². The van der Waals surface area contributed by atoms with Gasteiger partial charge in [0.05, 0.1) is 0 Å². The molecule has 0 radical (unpaired) electrons. The van der Waals surface area contributed by atoms with E-state index in [1.807, 2.05) is 36.7 Å². The van der Waals surface area contributed by atoms with Gasteiger partial charge in [0.25, 0.3) is 0 Å². The Morgan fingerprint density at radius 3 is 2.33 bits per heavy atom. The van der Waals surface area contributed by atoms with Crippen molar-refractivity contribution in [1.29, 1.82) is 0 Å². The van der Waals surface area contributed by atoms with E-state index < -0.39 is 0 Å². The van der Waals surface area contributed by atoms with E-state index in [-0.39, 0.29) is 0 Å². The number of hydrogen-bond acceptors (Lipinski definition) is 4. The molecule has 0 unspecified atom stereocenters. The molecule has 1 aromatic carbocycles. The maximum Gasteiger partial charge on any atom is 0.222 e. The van der Waals surface area contributed by atoms with Crippen LogP contribution in [0.15, 0.2) is 36.7 Å². The molecule has 0 saturated heterocycles. The molecule has 1 aromatic heterocycles. The first-order valence-corrected chi connectivity index (χ1v) is 6.23. The number of aromatic nitrogens is 2. The molecule has 92 valence electrons. The summed E-state index contributed by atoms with van der Waals surface area (Å²) in [6, 6.07) is 7.72. The Morgan fingerprint density at radius 2 is 1.72 bits per heavy atom. The van der Waals surface area contributed by atoms with Crippen LogP contribution >= 0.6 is 0 Å². The maximum absolute atomic E-state index is 5.66. The van der Waals surface area contributed by atoms with Crippen LogP contribution in [0.3, 0.4) is 0 Å². The van der Waals surface area contributed by atoms with Crippen LogP contribution < -0.4 is 11.1 Å². The normalized spacial score (nSPS) is 14.4. The number of hydrogen-bond donors (Lipinski definition) is 2. The van der Waals surface area contributed by atoms with Crippen LogP contribution in [-0.4, -0.2) is 16.5 Å². The van der Waals surface area contributed by atoms with Crippen molar-refractivity contribution in [1.82, 2.24) is 9.97 Å². The van der Waals surface area contributed by atoms with Crippen LogP contribution in [0.5, 0.6) is 0 Å². The molecule has 0 amide bonds. The van der Waals surface area contributed by atoms with E-state index in [0.717, 1.165) is 29.3 Å². The van der Waals surface area contributed by atoms with E-state index >= 15 is 0 Å². The standard InChI is InChI=1S/C14H16N4/c15-13-5-3-11(4-6-13)12-8-17-14(18-9-12)16-7-10-1-2-10/h3-6,8-10H,1-2,7,15H2,(H,16,17,18). The Labute approximate surface area is 106 Å². The molecule has 0 bridgehead atoms. The third-order valence-corrected chi connectivity index (χ3v) is 3.14. The summed E-state index contributed by atoms with van der Waals surface area (Å²) in [4.78, 5) is 8.65. The zero-order valence-electron chi connectivity index (χ0n) is 10.1.